The number of aliphatic carboxylic acids is 1. The molecule has 0 amide bonds. The van der Waals surface area contributed by atoms with E-state index in [-0.39, 0.29) is 4.88 Å². The molecule has 0 spiro atoms. The van der Waals surface area contributed by atoms with Crippen LogP contribution in [0.25, 0.3) is 0 Å². The van der Waals surface area contributed by atoms with Crippen molar-refractivity contribution in [3.8, 4) is 0 Å². The predicted molar refractivity (Wildman–Crippen MR) is 50.0 cm³/mol. The molecule has 0 radical (unpaired) electrons. The zero-order chi connectivity index (χ0) is 11.9. The summed E-state index contributed by atoms with van der Waals surface area (Å²) in [6.45, 7) is 2.75. The summed E-state index contributed by atoms with van der Waals surface area (Å²) in [4.78, 5) is 10.2. The summed E-state index contributed by atoms with van der Waals surface area (Å²) in [6.07, 6.45) is -4.41. The van der Waals surface area contributed by atoms with E-state index in [0.29, 0.717) is 11.3 Å². The molecule has 0 aliphatic heterocycles. The minimum atomic E-state index is -4.41. The predicted octanol–water partition coefficient (Wildman–Crippen LogP) is 3.13. The second-order valence-electron chi connectivity index (χ2n) is 3.59. The first-order valence-electron chi connectivity index (χ1n) is 4.06. The number of carbonyl (C=O) groups is 1. The van der Waals surface area contributed by atoms with Gasteiger partial charge in [-0.3, -0.25) is 4.79 Å². The van der Waals surface area contributed by atoms with Crippen LogP contribution in [0.2, 0.25) is 0 Å². The molecule has 0 fully saturated rings. The van der Waals surface area contributed by atoms with Crippen molar-refractivity contribution < 1.29 is 23.1 Å². The number of rotatable bonds is 2. The highest BCUT2D eigenvalue weighted by atomic mass is 32.1. The first-order valence-corrected chi connectivity index (χ1v) is 4.88. The maximum absolute atomic E-state index is 12.3. The topological polar surface area (TPSA) is 37.3 Å². The Kier molecular flexibility index (Phi) is 2.82. The third kappa shape index (κ3) is 2.31. The second kappa shape index (κ2) is 3.52. The van der Waals surface area contributed by atoms with Crippen molar-refractivity contribution in [1.82, 2.24) is 0 Å². The minimum absolute atomic E-state index is 0.197. The van der Waals surface area contributed by atoms with Crippen molar-refractivity contribution in [3.63, 3.8) is 0 Å². The summed E-state index contributed by atoms with van der Waals surface area (Å²) in [5.41, 5.74) is -1.28. The largest absolute Gasteiger partial charge is 0.481 e. The molecule has 1 rings (SSSR count). The lowest BCUT2D eigenvalue weighted by Crippen LogP contribution is -2.27. The van der Waals surface area contributed by atoms with Gasteiger partial charge in [-0.25, -0.2) is 0 Å². The normalized spacial score (nSPS) is 12.9. The van der Waals surface area contributed by atoms with Crippen molar-refractivity contribution in [2.75, 3.05) is 0 Å². The third-order valence-corrected chi connectivity index (χ3v) is 3.49. The molecule has 15 heavy (non-hydrogen) atoms. The highest BCUT2D eigenvalue weighted by molar-refractivity contribution is 7.12. The van der Waals surface area contributed by atoms with E-state index >= 15 is 0 Å². The van der Waals surface area contributed by atoms with E-state index in [4.69, 9.17) is 5.11 Å². The number of thiophene rings is 1. The quantitative estimate of drug-likeness (QED) is 0.859. The van der Waals surface area contributed by atoms with Crippen LogP contribution in [0.1, 0.15) is 23.6 Å². The van der Waals surface area contributed by atoms with Gasteiger partial charge in [-0.2, -0.15) is 13.2 Å². The minimum Gasteiger partial charge on any atom is -0.481 e. The molecule has 0 atom stereocenters. The molecule has 0 aliphatic rings. The Hall–Kier alpha value is -1.04. The van der Waals surface area contributed by atoms with Crippen molar-refractivity contribution in [2.45, 2.75) is 25.4 Å². The van der Waals surface area contributed by atoms with Gasteiger partial charge in [-0.05, 0) is 26.0 Å². The molecular formula is C9H9F3O2S. The molecule has 1 N–H and O–H groups in total. The van der Waals surface area contributed by atoms with Crippen LogP contribution in [0.3, 0.4) is 0 Å². The van der Waals surface area contributed by atoms with E-state index in [0.717, 1.165) is 6.07 Å². The van der Waals surface area contributed by atoms with Crippen LogP contribution in [0.5, 0.6) is 0 Å². The third-order valence-electron chi connectivity index (χ3n) is 2.04. The summed E-state index contributed by atoms with van der Waals surface area (Å²) in [5, 5.41) is 8.83. The van der Waals surface area contributed by atoms with Crippen LogP contribution in [0.15, 0.2) is 12.1 Å². The number of hydrogen-bond donors (Lipinski definition) is 1. The summed E-state index contributed by atoms with van der Waals surface area (Å²) in [7, 11) is 0. The Labute approximate surface area is 88.3 Å². The molecule has 0 bridgehead atoms. The van der Waals surface area contributed by atoms with Gasteiger partial charge in [-0.1, -0.05) is 0 Å². The lowest BCUT2D eigenvalue weighted by Gasteiger charge is -2.16. The summed E-state index contributed by atoms with van der Waals surface area (Å²) in [5.74, 6) is -1.14. The first kappa shape index (κ1) is 12.0. The fourth-order valence-corrected chi connectivity index (χ4v) is 1.90. The highest BCUT2D eigenvalue weighted by Gasteiger charge is 2.37. The van der Waals surface area contributed by atoms with Crippen LogP contribution in [-0.2, 0) is 16.4 Å². The van der Waals surface area contributed by atoms with Crippen molar-refractivity contribution in [2.24, 2.45) is 0 Å². The van der Waals surface area contributed by atoms with Crippen molar-refractivity contribution >= 4 is 17.3 Å². The zero-order valence-corrected chi connectivity index (χ0v) is 8.87. The van der Waals surface area contributed by atoms with Gasteiger partial charge in [-0.15, -0.1) is 11.3 Å². The Morgan fingerprint density at radius 1 is 1.27 bits per heavy atom. The molecule has 1 heterocycles. The number of carboxylic acids is 1. The molecule has 0 unspecified atom stereocenters. The van der Waals surface area contributed by atoms with Crippen molar-refractivity contribution in [1.29, 1.82) is 0 Å². The fourth-order valence-electron chi connectivity index (χ4n) is 0.932. The van der Waals surface area contributed by atoms with Gasteiger partial charge in [0.25, 0.3) is 0 Å². The molecular weight excluding hydrogens is 229 g/mol. The van der Waals surface area contributed by atoms with Crippen LogP contribution in [0, 0.1) is 0 Å². The van der Waals surface area contributed by atoms with Crippen molar-refractivity contribution in [3.05, 3.63) is 21.9 Å². The van der Waals surface area contributed by atoms with Gasteiger partial charge in [0.2, 0.25) is 0 Å². The van der Waals surface area contributed by atoms with Gasteiger partial charge in [0.15, 0.2) is 0 Å². The van der Waals surface area contributed by atoms with E-state index in [1.165, 1.54) is 19.9 Å². The van der Waals surface area contributed by atoms with Gasteiger partial charge < -0.3 is 5.11 Å². The molecule has 0 saturated heterocycles. The smallest absolute Gasteiger partial charge is 0.425 e. The molecule has 1 aromatic rings. The zero-order valence-electron chi connectivity index (χ0n) is 8.05. The van der Waals surface area contributed by atoms with Gasteiger partial charge in [0.1, 0.15) is 4.88 Å². The molecule has 6 heteroatoms. The Morgan fingerprint density at radius 3 is 2.07 bits per heavy atom. The fraction of sp³-hybridized carbons (Fsp3) is 0.444. The maximum atomic E-state index is 12.3. The maximum Gasteiger partial charge on any atom is 0.425 e. The highest BCUT2D eigenvalue weighted by Crippen LogP contribution is 2.38. The van der Waals surface area contributed by atoms with Gasteiger partial charge in [0, 0.05) is 4.88 Å². The van der Waals surface area contributed by atoms with E-state index in [1.807, 2.05) is 0 Å². The number of alkyl halides is 3. The lowest BCUT2D eigenvalue weighted by atomic mass is 9.92. The lowest BCUT2D eigenvalue weighted by molar-refractivity contribution is -0.142. The van der Waals surface area contributed by atoms with E-state index in [1.54, 1.807) is 0 Å². The summed E-state index contributed by atoms with van der Waals surface area (Å²) < 4.78 is 36.8. The monoisotopic (exact) mass is 238 g/mol. The molecule has 2 nitrogen and oxygen atoms in total. The Morgan fingerprint density at radius 2 is 1.73 bits per heavy atom. The SMILES string of the molecule is CC(C)(C(=O)O)c1ccc(C(F)(F)F)s1. The molecule has 1 aromatic heterocycles. The number of carboxylic acid groups (broad SMARTS) is 1. The molecule has 0 aromatic carbocycles. The standard InChI is InChI=1S/C9H9F3O2S/c1-8(2,7(13)14)5-3-4-6(15-5)9(10,11)12/h3-4H,1-2H3,(H,13,14). The summed E-state index contributed by atoms with van der Waals surface area (Å²) >= 11 is 0.469. The average molecular weight is 238 g/mol. The van der Waals surface area contributed by atoms with Crippen LogP contribution >= 0.6 is 11.3 Å². The molecule has 84 valence electrons. The molecule has 0 saturated carbocycles. The van der Waals surface area contributed by atoms with E-state index in [2.05, 4.69) is 0 Å². The van der Waals surface area contributed by atoms with Crippen LogP contribution < -0.4 is 0 Å². The Bertz CT molecular complexity index is 379. The van der Waals surface area contributed by atoms with E-state index < -0.39 is 22.4 Å². The summed E-state index contributed by atoms with van der Waals surface area (Å²) in [6, 6.07) is 2.12. The number of halogens is 3. The van der Waals surface area contributed by atoms with E-state index in [9.17, 15) is 18.0 Å². The Balaban J connectivity index is 3.10. The number of hydrogen-bond acceptors (Lipinski definition) is 2. The second-order valence-corrected chi connectivity index (χ2v) is 4.68. The molecule has 0 aliphatic carbocycles. The first-order chi connectivity index (χ1) is 6.65. The average Bonchev–Trinajstić information content (AvgIpc) is 2.50. The van der Waals surface area contributed by atoms with Crippen LogP contribution in [0.4, 0.5) is 13.2 Å². The van der Waals surface area contributed by atoms with Gasteiger partial charge in [0.05, 0.1) is 5.41 Å². The van der Waals surface area contributed by atoms with Gasteiger partial charge >= 0.3 is 12.1 Å². The van der Waals surface area contributed by atoms with Crippen LogP contribution in [-0.4, -0.2) is 11.1 Å².